The summed E-state index contributed by atoms with van der Waals surface area (Å²) >= 11 is 0. The SMILES string of the molecule is CCNC(=NCc1cccc(OCC)c1OC(F)F)NCc1ncc(-c2ccccc2)[nH]1.I. The fourth-order valence-electron chi connectivity index (χ4n) is 3.07. The predicted octanol–water partition coefficient (Wildman–Crippen LogP) is 4.95. The summed E-state index contributed by atoms with van der Waals surface area (Å²) in [6.45, 7) is 2.29. The van der Waals surface area contributed by atoms with Gasteiger partial charge in [0.25, 0.3) is 0 Å². The van der Waals surface area contributed by atoms with Crippen molar-refractivity contribution in [3.05, 3.63) is 66.1 Å². The van der Waals surface area contributed by atoms with Crippen molar-refractivity contribution in [2.24, 2.45) is 4.99 Å². The number of aromatic amines is 1. The van der Waals surface area contributed by atoms with Crippen LogP contribution in [-0.2, 0) is 13.1 Å². The van der Waals surface area contributed by atoms with Crippen molar-refractivity contribution >= 4 is 29.9 Å². The third-order valence-electron chi connectivity index (χ3n) is 4.46. The number of alkyl halides is 2. The summed E-state index contributed by atoms with van der Waals surface area (Å²) < 4.78 is 36.0. The van der Waals surface area contributed by atoms with Crippen molar-refractivity contribution in [2.75, 3.05) is 13.2 Å². The number of guanidine groups is 1. The summed E-state index contributed by atoms with van der Waals surface area (Å²) in [5, 5.41) is 6.34. The molecule has 0 atom stereocenters. The topological polar surface area (TPSA) is 83.6 Å². The standard InChI is InChI=1S/C23H27F2N5O2.HI/c1-3-26-23(29-15-20-27-14-18(30-20)16-9-6-5-7-10-16)28-13-17-11-8-12-19(31-4-2)21(17)32-22(24)25;/h5-12,14,22H,3-4,13,15H2,1-2H3,(H,27,30)(H2,26,28,29);1H. The molecule has 33 heavy (non-hydrogen) atoms. The van der Waals surface area contributed by atoms with Crippen LogP contribution in [0.1, 0.15) is 25.2 Å². The van der Waals surface area contributed by atoms with Crippen LogP contribution in [0.15, 0.2) is 59.7 Å². The van der Waals surface area contributed by atoms with Crippen molar-refractivity contribution < 1.29 is 18.3 Å². The molecule has 0 bridgehead atoms. The van der Waals surface area contributed by atoms with E-state index in [1.165, 1.54) is 0 Å². The number of halogens is 3. The lowest BCUT2D eigenvalue weighted by molar-refractivity contribution is -0.0520. The molecule has 0 spiro atoms. The van der Waals surface area contributed by atoms with Gasteiger partial charge in [-0.3, -0.25) is 0 Å². The van der Waals surface area contributed by atoms with E-state index in [1.54, 1.807) is 31.3 Å². The van der Waals surface area contributed by atoms with Crippen LogP contribution < -0.4 is 20.1 Å². The van der Waals surface area contributed by atoms with Crippen molar-refractivity contribution in [1.82, 2.24) is 20.6 Å². The zero-order valence-electron chi connectivity index (χ0n) is 18.5. The van der Waals surface area contributed by atoms with Crippen LogP contribution in [0.5, 0.6) is 11.5 Å². The van der Waals surface area contributed by atoms with E-state index in [1.807, 2.05) is 37.3 Å². The molecule has 10 heteroatoms. The summed E-state index contributed by atoms with van der Waals surface area (Å²) in [7, 11) is 0. The van der Waals surface area contributed by atoms with Gasteiger partial charge in [-0.2, -0.15) is 8.78 Å². The van der Waals surface area contributed by atoms with Crippen molar-refractivity contribution in [3.8, 4) is 22.8 Å². The van der Waals surface area contributed by atoms with Gasteiger partial charge in [0.1, 0.15) is 5.82 Å². The first-order chi connectivity index (χ1) is 15.6. The zero-order chi connectivity index (χ0) is 22.8. The van der Waals surface area contributed by atoms with Gasteiger partial charge in [-0.1, -0.05) is 42.5 Å². The third kappa shape index (κ3) is 7.88. The van der Waals surface area contributed by atoms with Crippen LogP contribution in [0, 0.1) is 0 Å². The highest BCUT2D eigenvalue weighted by atomic mass is 127. The Labute approximate surface area is 209 Å². The number of aliphatic imine (C=N–C) groups is 1. The second-order valence-corrected chi connectivity index (χ2v) is 6.71. The highest BCUT2D eigenvalue weighted by Crippen LogP contribution is 2.33. The second-order valence-electron chi connectivity index (χ2n) is 6.71. The number of nitrogens with one attached hydrogen (secondary N) is 3. The van der Waals surface area contributed by atoms with Crippen LogP contribution >= 0.6 is 24.0 Å². The molecular weight excluding hydrogens is 543 g/mol. The normalized spacial score (nSPS) is 11.1. The Morgan fingerprint density at radius 2 is 1.88 bits per heavy atom. The Balaban J connectivity index is 0.00000385. The van der Waals surface area contributed by atoms with Crippen molar-refractivity contribution in [3.63, 3.8) is 0 Å². The molecule has 3 aromatic rings. The van der Waals surface area contributed by atoms with Gasteiger partial charge in [-0.15, -0.1) is 24.0 Å². The number of para-hydroxylation sites is 1. The number of rotatable bonds is 10. The largest absolute Gasteiger partial charge is 0.490 e. The Morgan fingerprint density at radius 1 is 1.09 bits per heavy atom. The van der Waals surface area contributed by atoms with E-state index < -0.39 is 6.61 Å². The van der Waals surface area contributed by atoms with Gasteiger partial charge in [0, 0.05) is 12.1 Å². The highest BCUT2D eigenvalue weighted by molar-refractivity contribution is 14.0. The number of aromatic nitrogens is 2. The van der Waals surface area contributed by atoms with Crippen LogP contribution in [0.3, 0.4) is 0 Å². The van der Waals surface area contributed by atoms with Crippen molar-refractivity contribution in [1.29, 1.82) is 0 Å². The maximum absolute atomic E-state index is 12.9. The number of hydrogen-bond donors (Lipinski definition) is 3. The fourth-order valence-corrected chi connectivity index (χ4v) is 3.07. The number of benzene rings is 2. The lowest BCUT2D eigenvalue weighted by atomic mass is 10.2. The molecule has 3 N–H and O–H groups in total. The van der Waals surface area contributed by atoms with Crippen LogP contribution in [0.4, 0.5) is 8.78 Å². The minimum atomic E-state index is -2.96. The van der Waals surface area contributed by atoms with E-state index in [0.29, 0.717) is 31.2 Å². The monoisotopic (exact) mass is 571 g/mol. The van der Waals surface area contributed by atoms with Gasteiger partial charge in [-0.05, 0) is 25.5 Å². The van der Waals surface area contributed by atoms with Gasteiger partial charge in [-0.25, -0.2) is 9.98 Å². The van der Waals surface area contributed by atoms with E-state index in [0.717, 1.165) is 17.1 Å². The Bertz CT molecular complexity index is 1020. The van der Waals surface area contributed by atoms with Gasteiger partial charge < -0.3 is 25.1 Å². The average molecular weight is 571 g/mol. The van der Waals surface area contributed by atoms with E-state index >= 15 is 0 Å². The molecule has 0 radical (unpaired) electrons. The summed E-state index contributed by atoms with van der Waals surface area (Å²) in [6, 6.07) is 14.9. The van der Waals surface area contributed by atoms with Gasteiger partial charge in [0.2, 0.25) is 0 Å². The summed E-state index contributed by atoms with van der Waals surface area (Å²) in [5.41, 5.74) is 2.47. The number of ether oxygens (including phenoxy) is 2. The summed E-state index contributed by atoms with van der Waals surface area (Å²) in [6.07, 6.45) is 1.78. The molecule has 0 aliphatic carbocycles. The fraction of sp³-hybridized carbons (Fsp3) is 0.304. The van der Waals surface area contributed by atoms with E-state index in [9.17, 15) is 8.78 Å². The molecule has 178 valence electrons. The molecule has 0 saturated heterocycles. The molecule has 0 fully saturated rings. The molecule has 0 aliphatic rings. The minimum absolute atomic E-state index is 0. The lowest BCUT2D eigenvalue weighted by Crippen LogP contribution is -2.37. The number of hydrogen-bond acceptors (Lipinski definition) is 4. The molecule has 1 aromatic heterocycles. The van der Waals surface area contributed by atoms with Gasteiger partial charge in [0.05, 0.1) is 31.6 Å². The van der Waals surface area contributed by atoms with E-state index in [4.69, 9.17) is 9.47 Å². The van der Waals surface area contributed by atoms with E-state index in [2.05, 4.69) is 25.6 Å². The highest BCUT2D eigenvalue weighted by Gasteiger charge is 2.15. The van der Waals surface area contributed by atoms with Crippen LogP contribution in [0.2, 0.25) is 0 Å². The van der Waals surface area contributed by atoms with Gasteiger partial charge >= 0.3 is 6.61 Å². The number of nitrogens with zero attached hydrogens (tertiary/aromatic N) is 2. The predicted molar refractivity (Wildman–Crippen MR) is 135 cm³/mol. The second kappa shape index (κ2) is 13.6. The lowest BCUT2D eigenvalue weighted by Gasteiger charge is -2.15. The minimum Gasteiger partial charge on any atom is -0.490 e. The average Bonchev–Trinajstić information content (AvgIpc) is 3.27. The summed E-state index contributed by atoms with van der Waals surface area (Å²) in [4.78, 5) is 12.2. The summed E-state index contributed by atoms with van der Waals surface area (Å²) in [5.74, 6) is 1.54. The molecule has 7 nitrogen and oxygen atoms in total. The van der Waals surface area contributed by atoms with Crippen LogP contribution in [0.25, 0.3) is 11.3 Å². The number of H-pyrrole nitrogens is 1. The molecule has 0 amide bonds. The molecule has 2 aromatic carbocycles. The first-order valence-electron chi connectivity index (χ1n) is 10.4. The number of imidazole rings is 1. The quantitative estimate of drug-likeness (QED) is 0.182. The maximum atomic E-state index is 12.9. The maximum Gasteiger partial charge on any atom is 0.387 e. The molecule has 1 heterocycles. The molecule has 3 rings (SSSR count). The first kappa shape index (κ1) is 26.4. The molecule has 0 aliphatic heterocycles. The van der Waals surface area contributed by atoms with Gasteiger partial charge in [0.15, 0.2) is 17.5 Å². The Kier molecular flexibility index (Phi) is 10.9. The Hall–Kier alpha value is -2.89. The molecule has 0 unspecified atom stereocenters. The first-order valence-corrected chi connectivity index (χ1v) is 10.4. The zero-order valence-corrected chi connectivity index (χ0v) is 20.8. The molecular formula is C23H28F2IN5O2. The molecule has 0 saturated carbocycles. The van der Waals surface area contributed by atoms with E-state index in [-0.39, 0.29) is 42.0 Å². The van der Waals surface area contributed by atoms with Crippen molar-refractivity contribution in [2.45, 2.75) is 33.5 Å². The van der Waals surface area contributed by atoms with Crippen LogP contribution in [-0.4, -0.2) is 35.7 Å². The Morgan fingerprint density at radius 3 is 2.58 bits per heavy atom. The smallest absolute Gasteiger partial charge is 0.387 e. The third-order valence-corrected chi connectivity index (χ3v) is 4.46.